The summed E-state index contributed by atoms with van der Waals surface area (Å²) in [5, 5.41) is 3.46. The maximum absolute atomic E-state index is 4.73. The van der Waals surface area contributed by atoms with Crippen molar-refractivity contribution >= 4 is 15.9 Å². The predicted octanol–water partition coefficient (Wildman–Crippen LogP) is 3.64. The van der Waals surface area contributed by atoms with Gasteiger partial charge in [0.1, 0.15) is 5.82 Å². The smallest absolute Gasteiger partial charge is 0.146 e. The number of hydrogen-bond acceptors (Lipinski definition) is 3. The second-order valence-corrected chi connectivity index (χ2v) is 5.83. The zero-order chi connectivity index (χ0) is 13.2. The molecule has 0 aliphatic carbocycles. The van der Waals surface area contributed by atoms with Gasteiger partial charge in [-0.3, -0.25) is 0 Å². The summed E-state index contributed by atoms with van der Waals surface area (Å²) in [7, 11) is 0. The van der Waals surface area contributed by atoms with E-state index in [1.807, 2.05) is 25.1 Å². The molecule has 1 aromatic heterocycles. The topological polar surface area (TPSA) is 37.8 Å². The summed E-state index contributed by atoms with van der Waals surface area (Å²) in [5.41, 5.74) is 3.14. The molecule has 0 amide bonds. The van der Waals surface area contributed by atoms with E-state index in [-0.39, 0.29) is 0 Å². The van der Waals surface area contributed by atoms with E-state index >= 15 is 0 Å². The summed E-state index contributed by atoms with van der Waals surface area (Å²) in [6.07, 6.45) is 2.33. The van der Waals surface area contributed by atoms with Gasteiger partial charge in [-0.1, -0.05) is 28.1 Å². The molecule has 19 heavy (non-hydrogen) atoms. The van der Waals surface area contributed by atoms with E-state index in [0.29, 0.717) is 6.04 Å². The summed E-state index contributed by atoms with van der Waals surface area (Å²) >= 11 is 3.51. The van der Waals surface area contributed by atoms with Crippen LogP contribution in [-0.2, 0) is 0 Å². The number of rotatable bonds is 2. The normalized spacial score (nSPS) is 18.7. The van der Waals surface area contributed by atoms with Crippen LogP contribution in [0.4, 0.5) is 0 Å². The molecule has 1 fully saturated rings. The molecule has 3 nitrogen and oxygen atoms in total. The van der Waals surface area contributed by atoms with E-state index < -0.39 is 0 Å². The molecule has 98 valence electrons. The lowest BCUT2D eigenvalue weighted by Gasteiger charge is -2.11. The third-order valence-corrected chi connectivity index (χ3v) is 3.86. The molecule has 1 aliphatic rings. The lowest BCUT2D eigenvalue weighted by Crippen LogP contribution is -2.16. The van der Waals surface area contributed by atoms with E-state index in [1.54, 1.807) is 0 Å². The van der Waals surface area contributed by atoms with E-state index in [0.717, 1.165) is 40.2 Å². The molecule has 0 saturated carbocycles. The van der Waals surface area contributed by atoms with Gasteiger partial charge in [0.15, 0.2) is 0 Å². The van der Waals surface area contributed by atoms with Crippen LogP contribution in [0.5, 0.6) is 0 Å². The molecule has 0 spiro atoms. The van der Waals surface area contributed by atoms with Gasteiger partial charge in [-0.05, 0) is 44.5 Å². The fourth-order valence-corrected chi connectivity index (χ4v) is 2.85. The molecular weight excluding hydrogens is 302 g/mol. The molecule has 4 heteroatoms. The highest BCUT2D eigenvalue weighted by Gasteiger charge is 2.19. The van der Waals surface area contributed by atoms with Crippen molar-refractivity contribution < 1.29 is 0 Å². The van der Waals surface area contributed by atoms with Gasteiger partial charge in [0.25, 0.3) is 0 Å². The van der Waals surface area contributed by atoms with Crippen molar-refractivity contribution in [1.82, 2.24) is 15.3 Å². The highest BCUT2D eigenvalue weighted by Crippen LogP contribution is 2.25. The molecule has 1 unspecified atom stereocenters. The summed E-state index contributed by atoms with van der Waals surface area (Å²) in [4.78, 5) is 9.31. The summed E-state index contributed by atoms with van der Waals surface area (Å²) in [6.45, 7) is 3.09. The first-order valence-electron chi connectivity index (χ1n) is 6.57. The lowest BCUT2D eigenvalue weighted by atomic mass is 10.1. The number of benzene rings is 1. The Morgan fingerprint density at radius 3 is 2.89 bits per heavy atom. The van der Waals surface area contributed by atoms with E-state index in [9.17, 15) is 0 Å². The van der Waals surface area contributed by atoms with E-state index in [4.69, 9.17) is 4.98 Å². The SMILES string of the molecule is Cc1cc(-c2cccc(Br)c2)nc(C2CCCN2)n1. The fourth-order valence-electron chi connectivity index (χ4n) is 2.45. The lowest BCUT2D eigenvalue weighted by molar-refractivity contribution is 0.603. The minimum absolute atomic E-state index is 0.311. The van der Waals surface area contributed by atoms with Crippen molar-refractivity contribution in [1.29, 1.82) is 0 Å². The van der Waals surface area contributed by atoms with Crippen molar-refractivity contribution in [3.63, 3.8) is 0 Å². The zero-order valence-electron chi connectivity index (χ0n) is 10.9. The number of nitrogens with zero attached hydrogens (tertiary/aromatic N) is 2. The highest BCUT2D eigenvalue weighted by atomic mass is 79.9. The van der Waals surface area contributed by atoms with Crippen LogP contribution >= 0.6 is 15.9 Å². The summed E-state index contributed by atoms with van der Waals surface area (Å²) in [5.74, 6) is 0.924. The molecule has 1 atom stereocenters. The van der Waals surface area contributed by atoms with Crippen molar-refractivity contribution in [2.75, 3.05) is 6.54 Å². The van der Waals surface area contributed by atoms with E-state index in [2.05, 4.69) is 38.4 Å². The van der Waals surface area contributed by atoms with Gasteiger partial charge < -0.3 is 5.32 Å². The van der Waals surface area contributed by atoms with Gasteiger partial charge in [0.05, 0.1) is 11.7 Å². The van der Waals surface area contributed by atoms with Crippen LogP contribution in [0, 0.1) is 6.92 Å². The number of nitrogens with one attached hydrogen (secondary N) is 1. The zero-order valence-corrected chi connectivity index (χ0v) is 12.4. The molecule has 1 aromatic carbocycles. The largest absolute Gasteiger partial charge is 0.307 e. The Morgan fingerprint density at radius 2 is 2.16 bits per heavy atom. The Balaban J connectivity index is 2.01. The number of aromatic nitrogens is 2. The standard InChI is InChI=1S/C15H16BrN3/c1-10-8-14(11-4-2-5-12(16)9-11)19-15(18-10)13-6-3-7-17-13/h2,4-5,8-9,13,17H,3,6-7H2,1H3. The first-order chi connectivity index (χ1) is 9.22. The van der Waals surface area contributed by atoms with Gasteiger partial charge in [-0.25, -0.2) is 9.97 Å². The molecule has 0 bridgehead atoms. The third-order valence-electron chi connectivity index (χ3n) is 3.36. The molecular formula is C15H16BrN3. The second-order valence-electron chi connectivity index (χ2n) is 4.91. The first-order valence-corrected chi connectivity index (χ1v) is 7.36. The molecule has 0 radical (unpaired) electrons. The highest BCUT2D eigenvalue weighted by molar-refractivity contribution is 9.10. The molecule has 2 aromatic rings. The molecule has 2 heterocycles. The van der Waals surface area contributed by atoms with E-state index in [1.165, 1.54) is 6.42 Å². The van der Waals surface area contributed by atoms with Crippen molar-refractivity contribution in [2.45, 2.75) is 25.8 Å². The Morgan fingerprint density at radius 1 is 1.26 bits per heavy atom. The minimum Gasteiger partial charge on any atom is -0.307 e. The maximum Gasteiger partial charge on any atom is 0.146 e. The van der Waals surface area contributed by atoms with Crippen molar-refractivity contribution in [3.05, 3.63) is 46.3 Å². The number of aryl methyl sites for hydroxylation is 1. The molecule has 1 N–H and O–H groups in total. The minimum atomic E-state index is 0.311. The van der Waals surface area contributed by atoms with Crippen LogP contribution in [0.3, 0.4) is 0 Å². The number of hydrogen-bond donors (Lipinski definition) is 1. The van der Waals surface area contributed by atoms with Gasteiger partial charge in [0, 0.05) is 15.7 Å². The molecule has 1 aliphatic heterocycles. The Bertz CT molecular complexity index is 592. The van der Waals surface area contributed by atoms with Crippen LogP contribution in [0.25, 0.3) is 11.3 Å². The van der Waals surface area contributed by atoms with Gasteiger partial charge in [0.2, 0.25) is 0 Å². The van der Waals surface area contributed by atoms with Crippen LogP contribution in [0.15, 0.2) is 34.8 Å². The maximum atomic E-state index is 4.73. The Hall–Kier alpha value is -1.26. The average Bonchev–Trinajstić information content (AvgIpc) is 2.92. The van der Waals surface area contributed by atoms with Crippen LogP contribution in [0.1, 0.15) is 30.4 Å². The average molecular weight is 318 g/mol. The quantitative estimate of drug-likeness (QED) is 0.919. The molecule has 3 rings (SSSR count). The Kier molecular flexibility index (Phi) is 3.62. The number of halogens is 1. The van der Waals surface area contributed by atoms with Crippen LogP contribution in [0.2, 0.25) is 0 Å². The van der Waals surface area contributed by atoms with Crippen LogP contribution < -0.4 is 5.32 Å². The first kappa shape index (κ1) is 12.8. The van der Waals surface area contributed by atoms with Crippen molar-refractivity contribution in [3.8, 4) is 11.3 Å². The fraction of sp³-hybridized carbons (Fsp3) is 0.333. The second kappa shape index (κ2) is 5.39. The predicted molar refractivity (Wildman–Crippen MR) is 79.9 cm³/mol. The third kappa shape index (κ3) is 2.85. The van der Waals surface area contributed by atoms with Crippen molar-refractivity contribution in [2.24, 2.45) is 0 Å². The van der Waals surface area contributed by atoms with Gasteiger partial charge in [-0.15, -0.1) is 0 Å². The summed E-state index contributed by atoms with van der Waals surface area (Å²) < 4.78 is 1.07. The summed E-state index contributed by atoms with van der Waals surface area (Å²) in [6, 6.07) is 10.6. The van der Waals surface area contributed by atoms with Crippen LogP contribution in [-0.4, -0.2) is 16.5 Å². The molecule has 1 saturated heterocycles. The Labute approximate surface area is 121 Å². The van der Waals surface area contributed by atoms with Gasteiger partial charge in [-0.2, -0.15) is 0 Å². The van der Waals surface area contributed by atoms with Gasteiger partial charge >= 0.3 is 0 Å². The monoisotopic (exact) mass is 317 g/mol.